The van der Waals surface area contributed by atoms with Gasteiger partial charge in [-0.3, -0.25) is 9.40 Å². The normalized spacial score (nSPS) is 14.8. The van der Waals surface area contributed by atoms with Gasteiger partial charge in [-0.2, -0.15) is 15.1 Å². The molecule has 1 aliphatic heterocycles. The Bertz CT molecular complexity index is 1930. The van der Waals surface area contributed by atoms with Gasteiger partial charge in [0.15, 0.2) is 5.65 Å². The lowest BCUT2D eigenvalue weighted by Gasteiger charge is -2.36. The van der Waals surface area contributed by atoms with Gasteiger partial charge in [0.05, 0.1) is 45.5 Å². The summed E-state index contributed by atoms with van der Waals surface area (Å²) >= 11 is 6.20. The molecule has 12 nitrogen and oxygen atoms in total. The maximum Gasteiger partial charge on any atom is 0.323 e. The van der Waals surface area contributed by atoms with E-state index in [-0.39, 0.29) is 23.4 Å². The van der Waals surface area contributed by atoms with Crippen molar-refractivity contribution in [1.82, 2.24) is 20.2 Å². The minimum absolute atomic E-state index is 0.0212. The standard InChI is InChI=1S/C28H26ClN9O3S/c1-16-9-10-22(29)23(11-16)34-28(39)33-18-6-4-7-20(13-18)42(40,41)38-15-19(12-17-5-2-3-8-24(17)38)32-25-21-14-31-37-26(21)36-27(30)35-25/h2-11,13-14,19H,12,15H2,1H3,(H2,33,34,39)(H4,30,31,32,35,36,37). The molecule has 42 heavy (non-hydrogen) atoms. The Hall–Kier alpha value is -4.88. The number of aromatic amines is 1. The molecule has 0 fully saturated rings. The van der Waals surface area contributed by atoms with Crippen LogP contribution in [0.2, 0.25) is 5.02 Å². The van der Waals surface area contributed by atoms with Crippen molar-refractivity contribution in [2.75, 3.05) is 32.5 Å². The van der Waals surface area contributed by atoms with Crippen LogP contribution in [0.1, 0.15) is 11.1 Å². The Kier molecular flexibility index (Phi) is 7.04. The fourth-order valence-corrected chi connectivity index (χ4v) is 6.68. The number of nitrogens with two attached hydrogens (primary N) is 1. The number of sulfonamides is 1. The molecule has 14 heteroatoms. The highest BCUT2D eigenvalue weighted by Crippen LogP contribution is 2.34. The molecular weight excluding hydrogens is 578 g/mol. The van der Waals surface area contributed by atoms with E-state index in [9.17, 15) is 13.2 Å². The number of urea groups is 1. The zero-order chi connectivity index (χ0) is 29.4. The SMILES string of the molecule is Cc1ccc(Cl)c(NC(=O)Nc2cccc(S(=O)(=O)N3CC(Nc4nc(N)nc5[nH]ncc45)Cc4ccccc43)c2)c1. The van der Waals surface area contributed by atoms with E-state index in [1.807, 2.05) is 25.1 Å². The quantitative estimate of drug-likeness (QED) is 0.185. The van der Waals surface area contributed by atoms with Crippen molar-refractivity contribution in [3.63, 3.8) is 0 Å². The molecule has 6 rings (SSSR count). The number of halogens is 1. The molecule has 0 spiro atoms. The van der Waals surface area contributed by atoms with Gasteiger partial charge in [-0.1, -0.05) is 41.9 Å². The first-order chi connectivity index (χ1) is 20.2. The summed E-state index contributed by atoms with van der Waals surface area (Å²) in [5.74, 6) is 0.520. The van der Waals surface area contributed by atoms with Crippen LogP contribution in [-0.4, -0.2) is 47.2 Å². The predicted molar refractivity (Wildman–Crippen MR) is 163 cm³/mol. The summed E-state index contributed by atoms with van der Waals surface area (Å²) in [6, 6.07) is 17.8. The third-order valence-corrected chi connectivity index (χ3v) is 8.94. The van der Waals surface area contributed by atoms with Crippen LogP contribution in [-0.2, 0) is 16.4 Å². The van der Waals surface area contributed by atoms with E-state index >= 15 is 0 Å². The number of H-pyrrole nitrogens is 1. The summed E-state index contributed by atoms with van der Waals surface area (Å²) in [5.41, 5.74) is 9.46. The highest BCUT2D eigenvalue weighted by Gasteiger charge is 2.34. The average molecular weight is 604 g/mol. The molecule has 3 aromatic carbocycles. The van der Waals surface area contributed by atoms with Crippen molar-refractivity contribution in [2.45, 2.75) is 24.3 Å². The van der Waals surface area contributed by atoms with Crippen LogP contribution in [0.15, 0.2) is 77.8 Å². The number of anilines is 5. The number of hydrogen-bond acceptors (Lipinski definition) is 8. The predicted octanol–water partition coefficient (Wildman–Crippen LogP) is 4.77. The number of aromatic nitrogens is 4. The van der Waals surface area contributed by atoms with Crippen LogP contribution in [0.25, 0.3) is 11.0 Å². The van der Waals surface area contributed by atoms with Gasteiger partial charge in [0, 0.05) is 5.69 Å². The van der Waals surface area contributed by atoms with Gasteiger partial charge in [0.25, 0.3) is 10.0 Å². The van der Waals surface area contributed by atoms with Gasteiger partial charge in [-0.15, -0.1) is 0 Å². The summed E-state index contributed by atoms with van der Waals surface area (Å²) in [4.78, 5) is 21.2. The van der Waals surface area contributed by atoms with E-state index in [0.29, 0.717) is 45.4 Å². The largest absolute Gasteiger partial charge is 0.368 e. The van der Waals surface area contributed by atoms with Crippen molar-refractivity contribution in [3.05, 3.63) is 89.1 Å². The highest BCUT2D eigenvalue weighted by atomic mass is 35.5. The van der Waals surface area contributed by atoms with Crippen LogP contribution >= 0.6 is 11.6 Å². The summed E-state index contributed by atoms with van der Waals surface area (Å²) in [6.45, 7) is 2.00. The van der Waals surface area contributed by atoms with E-state index in [2.05, 4.69) is 36.1 Å². The molecule has 1 atom stereocenters. The second-order valence-corrected chi connectivity index (χ2v) is 12.1. The summed E-state index contributed by atoms with van der Waals surface area (Å²) in [7, 11) is -4.05. The highest BCUT2D eigenvalue weighted by molar-refractivity contribution is 7.92. The van der Waals surface area contributed by atoms with E-state index in [1.165, 1.54) is 16.4 Å². The van der Waals surface area contributed by atoms with Crippen molar-refractivity contribution in [3.8, 4) is 0 Å². The van der Waals surface area contributed by atoms with Crippen LogP contribution in [0.4, 0.5) is 33.6 Å². The monoisotopic (exact) mass is 603 g/mol. The first kappa shape index (κ1) is 27.3. The molecule has 2 amide bonds. The Morgan fingerprint density at radius 1 is 1.07 bits per heavy atom. The van der Waals surface area contributed by atoms with E-state index in [4.69, 9.17) is 17.3 Å². The van der Waals surface area contributed by atoms with E-state index < -0.39 is 16.1 Å². The molecule has 3 heterocycles. The number of rotatable bonds is 6. The van der Waals surface area contributed by atoms with Crippen molar-refractivity contribution < 1.29 is 13.2 Å². The second-order valence-electron chi connectivity index (χ2n) is 9.86. The summed E-state index contributed by atoms with van der Waals surface area (Å²) < 4.78 is 29.5. The van der Waals surface area contributed by atoms with Gasteiger partial charge in [0.2, 0.25) is 5.95 Å². The molecule has 2 aromatic heterocycles. The first-order valence-corrected chi connectivity index (χ1v) is 14.8. The van der Waals surface area contributed by atoms with Gasteiger partial charge < -0.3 is 21.7 Å². The molecular formula is C28H26ClN9O3S. The summed E-state index contributed by atoms with van der Waals surface area (Å²) in [6.07, 6.45) is 2.14. The average Bonchev–Trinajstić information content (AvgIpc) is 3.43. The van der Waals surface area contributed by atoms with Crippen LogP contribution in [0, 0.1) is 6.92 Å². The minimum atomic E-state index is -4.05. The topological polar surface area (TPSA) is 171 Å². The van der Waals surface area contributed by atoms with Gasteiger partial charge in [0.1, 0.15) is 5.82 Å². The molecule has 6 N–H and O–H groups in total. The molecule has 1 unspecified atom stereocenters. The number of carbonyl (C=O) groups excluding carboxylic acids is 1. The van der Waals surface area contributed by atoms with E-state index in [0.717, 1.165) is 11.1 Å². The fraction of sp³-hybridized carbons (Fsp3) is 0.143. The Morgan fingerprint density at radius 3 is 2.76 bits per heavy atom. The number of amides is 2. The zero-order valence-electron chi connectivity index (χ0n) is 22.3. The maximum absolute atomic E-state index is 14.1. The zero-order valence-corrected chi connectivity index (χ0v) is 23.9. The number of benzene rings is 3. The van der Waals surface area contributed by atoms with Crippen molar-refractivity contribution in [2.24, 2.45) is 0 Å². The number of hydrogen-bond donors (Lipinski definition) is 5. The van der Waals surface area contributed by atoms with Crippen LogP contribution in [0.3, 0.4) is 0 Å². The Balaban J connectivity index is 1.27. The lowest BCUT2D eigenvalue weighted by molar-refractivity contribution is 0.262. The minimum Gasteiger partial charge on any atom is -0.368 e. The lowest BCUT2D eigenvalue weighted by Crippen LogP contribution is -2.45. The third-order valence-electron chi connectivity index (χ3n) is 6.83. The number of para-hydroxylation sites is 1. The fourth-order valence-electron chi connectivity index (χ4n) is 4.92. The van der Waals surface area contributed by atoms with Crippen LogP contribution < -0.4 is 26.0 Å². The number of nitrogens with one attached hydrogen (secondary N) is 4. The first-order valence-electron chi connectivity index (χ1n) is 13.0. The molecule has 0 bridgehead atoms. The van der Waals surface area contributed by atoms with Crippen molar-refractivity contribution in [1.29, 1.82) is 0 Å². The number of nitrogen functional groups attached to an aromatic ring is 1. The molecule has 0 aliphatic carbocycles. The molecule has 5 aromatic rings. The van der Waals surface area contributed by atoms with Gasteiger partial charge in [-0.25, -0.2) is 13.2 Å². The van der Waals surface area contributed by atoms with Gasteiger partial charge in [-0.05, 0) is 60.9 Å². The smallest absolute Gasteiger partial charge is 0.323 e. The second kappa shape index (κ2) is 10.8. The van der Waals surface area contributed by atoms with E-state index in [1.54, 1.807) is 42.6 Å². The lowest BCUT2D eigenvalue weighted by atomic mass is 9.99. The van der Waals surface area contributed by atoms with Crippen LogP contribution in [0.5, 0.6) is 0 Å². The molecule has 0 saturated carbocycles. The number of nitrogens with zero attached hydrogens (tertiary/aromatic N) is 4. The Morgan fingerprint density at radius 2 is 1.90 bits per heavy atom. The summed E-state index contributed by atoms with van der Waals surface area (Å²) in [5, 5.41) is 16.6. The number of aryl methyl sites for hydroxylation is 1. The van der Waals surface area contributed by atoms with Gasteiger partial charge >= 0.3 is 6.03 Å². The Labute approximate surface area is 246 Å². The number of fused-ring (bicyclic) bond motifs is 2. The molecule has 0 radical (unpaired) electrons. The number of carbonyl (C=O) groups is 1. The molecule has 214 valence electrons. The molecule has 1 aliphatic rings. The molecule has 0 saturated heterocycles. The third kappa shape index (κ3) is 5.39. The maximum atomic E-state index is 14.1. The van der Waals surface area contributed by atoms with Crippen molar-refractivity contribution >= 4 is 67.5 Å².